The van der Waals surface area contributed by atoms with Crippen molar-refractivity contribution in [2.45, 2.75) is 20.4 Å². The molecule has 0 unspecified atom stereocenters. The molecule has 0 fully saturated rings. The van der Waals surface area contributed by atoms with Crippen LogP contribution in [0.25, 0.3) is 11.3 Å². The van der Waals surface area contributed by atoms with Gasteiger partial charge in [0, 0.05) is 24.7 Å². The van der Waals surface area contributed by atoms with Crippen LogP contribution in [0.4, 0.5) is 4.39 Å². The Labute approximate surface area is 168 Å². The number of nitrogens with one attached hydrogen (secondary N) is 1. The van der Waals surface area contributed by atoms with Crippen molar-refractivity contribution in [3.05, 3.63) is 82.2 Å². The normalized spacial score (nSPS) is 10.6. The molecule has 2 aromatic carbocycles. The van der Waals surface area contributed by atoms with Crippen LogP contribution in [-0.4, -0.2) is 28.6 Å². The van der Waals surface area contributed by atoms with Crippen LogP contribution in [0.1, 0.15) is 11.1 Å². The first-order valence-corrected chi connectivity index (χ1v) is 9.21. The molecule has 0 aliphatic carbocycles. The molecule has 0 spiro atoms. The van der Waals surface area contributed by atoms with Crippen molar-refractivity contribution < 1.29 is 13.9 Å². The molecule has 0 radical (unpaired) electrons. The summed E-state index contributed by atoms with van der Waals surface area (Å²) < 4.78 is 19.9. The Balaban J connectivity index is 1.50. The SMILES string of the molecule is Cc1cc(C)cc(OCC(=O)NCCn2cnc(-c3ccc(F)cc3)cc2=O)c1. The van der Waals surface area contributed by atoms with E-state index in [1.54, 1.807) is 12.1 Å². The molecule has 0 aliphatic heterocycles. The number of carbonyl (C=O) groups is 1. The van der Waals surface area contributed by atoms with Gasteiger partial charge < -0.3 is 10.1 Å². The van der Waals surface area contributed by atoms with E-state index in [9.17, 15) is 14.0 Å². The van der Waals surface area contributed by atoms with Gasteiger partial charge in [-0.3, -0.25) is 14.2 Å². The van der Waals surface area contributed by atoms with Crippen LogP contribution in [0.2, 0.25) is 0 Å². The molecule has 0 saturated heterocycles. The van der Waals surface area contributed by atoms with Crippen molar-refractivity contribution in [3.8, 4) is 17.0 Å². The fourth-order valence-corrected chi connectivity index (χ4v) is 2.90. The highest BCUT2D eigenvalue weighted by Gasteiger charge is 2.06. The number of amides is 1. The number of halogens is 1. The lowest BCUT2D eigenvalue weighted by atomic mass is 10.1. The summed E-state index contributed by atoms with van der Waals surface area (Å²) in [7, 11) is 0. The maximum Gasteiger partial charge on any atom is 0.258 e. The molecule has 1 aromatic heterocycles. The van der Waals surface area contributed by atoms with Gasteiger partial charge in [-0.15, -0.1) is 0 Å². The summed E-state index contributed by atoms with van der Waals surface area (Å²) in [4.78, 5) is 28.4. The number of hydrogen-bond acceptors (Lipinski definition) is 4. The quantitative estimate of drug-likeness (QED) is 0.668. The van der Waals surface area contributed by atoms with E-state index in [1.807, 2.05) is 32.0 Å². The molecule has 1 amide bonds. The molecular weight excluding hydrogens is 373 g/mol. The van der Waals surface area contributed by atoms with Crippen LogP contribution in [-0.2, 0) is 11.3 Å². The van der Waals surface area contributed by atoms with Crippen LogP contribution in [0.5, 0.6) is 5.75 Å². The van der Waals surface area contributed by atoms with Gasteiger partial charge in [0.1, 0.15) is 11.6 Å². The van der Waals surface area contributed by atoms with Gasteiger partial charge in [0.15, 0.2) is 6.61 Å². The van der Waals surface area contributed by atoms with Gasteiger partial charge in [-0.1, -0.05) is 6.07 Å². The van der Waals surface area contributed by atoms with E-state index in [0.29, 0.717) is 17.0 Å². The molecule has 29 heavy (non-hydrogen) atoms. The Morgan fingerprint density at radius 3 is 2.45 bits per heavy atom. The number of benzene rings is 2. The molecule has 0 bridgehead atoms. The maximum atomic E-state index is 13.0. The molecule has 0 aliphatic rings. The Bertz CT molecular complexity index is 1040. The second-order valence-electron chi connectivity index (χ2n) is 6.77. The zero-order chi connectivity index (χ0) is 20.8. The van der Waals surface area contributed by atoms with Crippen LogP contribution in [0, 0.1) is 19.7 Å². The van der Waals surface area contributed by atoms with Crippen molar-refractivity contribution in [1.82, 2.24) is 14.9 Å². The Morgan fingerprint density at radius 1 is 1.10 bits per heavy atom. The van der Waals surface area contributed by atoms with Crippen LogP contribution < -0.4 is 15.6 Å². The second kappa shape index (κ2) is 9.14. The lowest BCUT2D eigenvalue weighted by molar-refractivity contribution is -0.123. The summed E-state index contributed by atoms with van der Waals surface area (Å²) in [5.74, 6) is 0.0295. The van der Waals surface area contributed by atoms with E-state index < -0.39 is 0 Å². The van der Waals surface area contributed by atoms with E-state index in [4.69, 9.17) is 4.74 Å². The summed E-state index contributed by atoms with van der Waals surface area (Å²) >= 11 is 0. The summed E-state index contributed by atoms with van der Waals surface area (Å²) in [6, 6.07) is 12.9. The van der Waals surface area contributed by atoms with E-state index in [0.717, 1.165) is 11.1 Å². The van der Waals surface area contributed by atoms with E-state index in [1.165, 1.54) is 29.1 Å². The number of rotatable bonds is 7. The van der Waals surface area contributed by atoms with E-state index >= 15 is 0 Å². The third-order valence-electron chi connectivity index (χ3n) is 4.26. The topological polar surface area (TPSA) is 73.2 Å². The van der Waals surface area contributed by atoms with Crippen molar-refractivity contribution in [1.29, 1.82) is 0 Å². The van der Waals surface area contributed by atoms with Crippen molar-refractivity contribution in [2.24, 2.45) is 0 Å². The number of carbonyl (C=O) groups excluding carboxylic acids is 1. The first-order valence-electron chi connectivity index (χ1n) is 9.21. The lowest BCUT2D eigenvalue weighted by Crippen LogP contribution is -2.33. The minimum atomic E-state index is -0.348. The van der Waals surface area contributed by atoms with Gasteiger partial charge in [-0.2, -0.15) is 0 Å². The second-order valence-corrected chi connectivity index (χ2v) is 6.77. The molecule has 6 nitrogen and oxygen atoms in total. The highest BCUT2D eigenvalue weighted by atomic mass is 19.1. The van der Waals surface area contributed by atoms with Crippen LogP contribution in [0.3, 0.4) is 0 Å². The Kier molecular flexibility index (Phi) is 6.39. The lowest BCUT2D eigenvalue weighted by Gasteiger charge is -2.10. The highest BCUT2D eigenvalue weighted by molar-refractivity contribution is 5.77. The van der Waals surface area contributed by atoms with E-state index in [2.05, 4.69) is 10.3 Å². The minimum Gasteiger partial charge on any atom is -0.484 e. The summed E-state index contributed by atoms with van der Waals surface area (Å²) in [5, 5.41) is 2.72. The van der Waals surface area contributed by atoms with Gasteiger partial charge in [-0.25, -0.2) is 9.37 Å². The van der Waals surface area contributed by atoms with Crippen LogP contribution in [0.15, 0.2) is 59.7 Å². The highest BCUT2D eigenvalue weighted by Crippen LogP contribution is 2.16. The van der Waals surface area contributed by atoms with Crippen LogP contribution >= 0.6 is 0 Å². The van der Waals surface area contributed by atoms with Crippen molar-refractivity contribution in [2.75, 3.05) is 13.2 Å². The average molecular weight is 395 g/mol. The van der Waals surface area contributed by atoms with Crippen molar-refractivity contribution in [3.63, 3.8) is 0 Å². The molecule has 7 heteroatoms. The number of hydrogen-bond donors (Lipinski definition) is 1. The van der Waals surface area contributed by atoms with Gasteiger partial charge >= 0.3 is 0 Å². The maximum absolute atomic E-state index is 13.0. The summed E-state index contributed by atoms with van der Waals surface area (Å²) in [6.45, 7) is 4.39. The molecule has 150 valence electrons. The van der Waals surface area contributed by atoms with Gasteiger partial charge in [0.25, 0.3) is 11.5 Å². The molecule has 3 rings (SSSR count). The molecule has 0 saturated carbocycles. The minimum absolute atomic E-state index is 0.0977. The summed E-state index contributed by atoms with van der Waals surface area (Å²) in [5.41, 5.74) is 3.01. The first kappa shape index (κ1) is 20.3. The molecule has 3 aromatic rings. The smallest absolute Gasteiger partial charge is 0.258 e. The number of nitrogens with zero attached hydrogens (tertiary/aromatic N) is 2. The Morgan fingerprint density at radius 2 is 1.79 bits per heavy atom. The fourth-order valence-electron chi connectivity index (χ4n) is 2.90. The number of aromatic nitrogens is 2. The van der Waals surface area contributed by atoms with Gasteiger partial charge in [-0.05, 0) is 61.4 Å². The van der Waals surface area contributed by atoms with E-state index in [-0.39, 0.29) is 37.0 Å². The number of ether oxygens (including phenoxy) is 1. The predicted octanol–water partition coefficient (Wildman–Crippen LogP) is 2.86. The van der Waals surface area contributed by atoms with Gasteiger partial charge in [0.05, 0.1) is 12.0 Å². The predicted molar refractivity (Wildman–Crippen MR) is 108 cm³/mol. The molecular formula is C22H22FN3O3. The summed E-state index contributed by atoms with van der Waals surface area (Å²) in [6.07, 6.45) is 1.42. The first-order chi connectivity index (χ1) is 13.9. The molecule has 1 N–H and O–H groups in total. The average Bonchev–Trinajstić information content (AvgIpc) is 2.67. The molecule has 1 heterocycles. The largest absolute Gasteiger partial charge is 0.484 e. The molecule has 0 atom stereocenters. The van der Waals surface area contributed by atoms with Gasteiger partial charge in [0.2, 0.25) is 0 Å². The zero-order valence-corrected chi connectivity index (χ0v) is 16.3. The Hall–Kier alpha value is -3.48. The zero-order valence-electron chi connectivity index (χ0n) is 16.3. The standard InChI is InChI=1S/C22H22FN3O3/c1-15-9-16(2)11-19(10-15)29-13-21(27)24-7-8-26-14-25-20(12-22(26)28)17-3-5-18(23)6-4-17/h3-6,9-12,14H,7-8,13H2,1-2H3,(H,24,27). The third kappa shape index (κ3) is 5.75. The van der Waals surface area contributed by atoms with Crippen molar-refractivity contribution >= 4 is 5.91 Å². The fraction of sp³-hybridized carbons (Fsp3) is 0.227. The monoisotopic (exact) mass is 395 g/mol. The third-order valence-corrected chi connectivity index (χ3v) is 4.26. The number of aryl methyl sites for hydroxylation is 2.